The van der Waals surface area contributed by atoms with E-state index in [2.05, 4.69) is 42.6 Å². The molecule has 0 aromatic rings. The Kier molecular flexibility index (Phi) is 28.1. The first-order valence-electron chi connectivity index (χ1n) is 8.71. The first-order valence-corrected chi connectivity index (χ1v) is 15.3. The summed E-state index contributed by atoms with van der Waals surface area (Å²) in [7, 11) is -6.46. The van der Waals surface area contributed by atoms with Gasteiger partial charge in [-0.05, 0) is 6.26 Å². The van der Waals surface area contributed by atoms with Gasteiger partial charge in [0.05, 0.1) is 5.75 Å². The maximum atomic E-state index is 10.4. The van der Waals surface area contributed by atoms with Crippen LogP contribution in [0, 0.1) is 12.8 Å². The van der Waals surface area contributed by atoms with Crippen LogP contribution >= 0.6 is 27.7 Å². The van der Waals surface area contributed by atoms with Gasteiger partial charge in [-0.3, -0.25) is 4.79 Å². The van der Waals surface area contributed by atoms with Crippen LogP contribution in [-0.4, -0.2) is 102 Å². The normalized spacial score (nSPS) is 10.6. The molecule has 1 atom stereocenters. The van der Waals surface area contributed by atoms with Gasteiger partial charge in [0.25, 0.3) is 5.97 Å². The van der Waals surface area contributed by atoms with Crippen molar-refractivity contribution in [2.45, 2.75) is 0 Å². The van der Waals surface area contributed by atoms with Crippen molar-refractivity contribution in [3.63, 3.8) is 0 Å². The van der Waals surface area contributed by atoms with Gasteiger partial charge in [-0.25, -0.2) is 31.2 Å². The van der Waals surface area contributed by atoms with Gasteiger partial charge in [-0.1, -0.05) is 41.6 Å². The van der Waals surface area contributed by atoms with Gasteiger partial charge in [0.15, 0.2) is 9.84 Å². The van der Waals surface area contributed by atoms with E-state index in [0.717, 1.165) is 12.5 Å². The van der Waals surface area contributed by atoms with Crippen LogP contribution in [0.25, 0.3) is 0 Å². The number of sulfone groups is 2. The summed E-state index contributed by atoms with van der Waals surface area (Å²) in [5, 5.41) is 33.0. The molecular weight excluding hydrogens is 780 g/mol. The number of rotatable bonds is 11. The summed E-state index contributed by atoms with van der Waals surface area (Å²) in [4.78, 5) is 39.8. The molecule has 0 amide bonds. The predicted molar refractivity (Wildman–Crippen MR) is 138 cm³/mol. The third-order valence-electron chi connectivity index (χ3n) is 2.68. The number of carbonyl (C=O) groups is 4. The van der Waals surface area contributed by atoms with Gasteiger partial charge in [0, 0.05) is 67.1 Å². The second kappa shape index (κ2) is 22.7. The van der Waals surface area contributed by atoms with Gasteiger partial charge in [0.1, 0.15) is 9.84 Å². The van der Waals surface area contributed by atoms with Crippen molar-refractivity contribution < 1.29 is 77.5 Å². The Bertz CT molecular complexity index is 989. The van der Waals surface area contributed by atoms with Crippen LogP contribution in [-0.2, 0) is 59.9 Å². The van der Waals surface area contributed by atoms with Gasteiger partial charge >= 0.3 is 17.9 Å². The number of aliphatic carboxylic acids is 4. The Labute approximate surface area is 238 Å². The molecule has 0 aliphatic carbocycles. The Morgan fingerprint density at radius 1 is 0.833 bits per heavy atom. The molecule has 4 N–H and O–H groups in total. The monoisotopic (exact) mass is 809 g/mol. The molecule has 0 saturated heterocycles. The Balaban J connectivity index is -0.000000119. The van der Waals surface area contributed by atoms with Crippen LogP contribution in [0.2, 0.25) is 0 Å². The number of thioether (sulfide) groups is 1. The number of halogens is 1. The minimum absolute atomic E-state index is 0. The molecular formula is C19H30BrO12S3W-. The molecule has 0 spiro atoms. The molecule has 17 heteroatoms. The summed E-state index contributed by atoms with van der Waals surface area (Å²) >= 11 is 4.39. The summed E-state index contributed by atoms with van der Waals surface area (Å²) in [5.74, 6) is -5.75. The number of carboxylic acids is 4. The molecule has 0 aliphatic heterocycles. The summed E-state index contributed by atoms with van der Waals surface area (Å²) in [6, 6.07) is 0. The van der Waals surface area contributed by atoms with E-state index in [-0.39, 0.29) is 37.8 Å². The number of alkyl halides is 1. The van der Waals surface area contributed by atoms with Crippen LogP contribution in [0.3, 0.4) is 0 Å². The molecule has 0 heterocycles. The average molecular weight is 810 g/mol. The molecule has 0 aromatic carbocycles. The molecule has 12 nitrogen and oxygen atoms in total. The number of carboxylic acid groups (broad SMARTS) is 4. The fourth-order valence-corrected chi connectivity index (χ4v) is 3.45. The van der Waals surface area contributed by atoms with Gasteiger partial charge < -0.3 is 27.3 Å². The van der Waals surface area contributed by atoms with E-state index in [1.54, 1.807) is 0 Å². The van der Waals surface area contributed by atoms with Crippen molar-refractivity contribution in [3.8, 4) is 0 Å². The Hall–Kier alpha value is -1.48. The number of hydrogen-bond donors (Lipinski definition) is 4. The summed E-state index contributed by atoms with van der Waals surface area (Å²) in [6.07, 6.45) is 3.78. The van der Waals surface area contributed by atoms with Crippen molar-refractivity contribution in [2.75, 3.05) is 41.4 Å². The van der Waals surface area contributed by atoms with Crippen molar-refractivity contribution in [2.24, 2.45) is 5.92 Å². The molecule has 0 fully saturated rings. The molecule has 0 radical (unpaired) electrons. The smallest absolute Gasteiger partial charge is 0.332 e. The maximum absolute atomic E-state index is 10.4. The third kappa shape index (κ3) is 37.1. The maximum Gasteiger partial charge on any atom is 0.332 e. The predicted octanol–water partition coefficient (Wildman–Crippen LogP) is 1.25. The quantitative estimate of drug-likeness (QED) is 0.132. The largest absolute Gasteiger partial charge is 0.483 e. The van der Waals surface area contributed by atoms with E-state index in [9.17, 15) is 36.0 Å². The van der Waals surface area contributed by atoms with Gasteiger partial charge in [-0.15, -0.1) is 0 Å². The standard InChI is InChI=1S/C5H9O4S.C5H8O4S.C5H8O2S.C4H5BrO2.W/c2*1-4(5(6)7)3-10(2,8)9;1-4(3-8-2)5(6)7;1-3(2-5)4(6)7;/h4H,1,3H2,2H3,(H,6,7);1,3H2,2H3,(H,6,7);1,3H2,2H3,(H,6,7);1-2H2,(H,6,7);/q-1;;;;. The van der Waals surface area contributed by atoms with Crippen molar-refractivity contribution in [1.82, 2.24) is 0 Å². The van der Waals surface area contributed by atoms with Gasteiger partial charge in [-0.2, -0.15) is 11.8 Å². The molecule has 0 aromatic heterocycles. The van der Waals surface area contributed by atoms with Gasteiger partial charge in [0.2, 0.25) is 0 Å². The summed E-state index contributed by atoms with van der Waals surface area (Å²) in [6.45, 7) is 12.8. The molecule has 36 heavy (non-hydrogen) atoms. The van der Waals surface area contributed by atoms with E-state index < -0.39 is 61.0 Å². The Morgan fingerprint density at radius 2 is 1.19 bits per heavy atom. The molecule has 1 unspecified atom stereocenters. The van der Waals surface area contributed by atoms with E-state index >= 15 is 0 Å². The molecule has 0 bridgehead atoms. The minimum atomic E-state index is -3.25. The zero-order chi connectivity index (χ0) is 29.2. The van der Waals surface area contributed by atoms with Crippen molar-refractivity contribution in [1.29, 1.82) is 0 Å². The van der Waals surface area contributed by atoms with Crippen molar-refractivity contribution >= 4 is 71.2 Å². The van der Waals surface area contributed by atoms with Crippen molar-refractivity contribution in [3.05, 3.63) is 43.4 Å². The number of hydrogen-bond acceptors (Lipinski definition) is 9. The summed E-state index contributed by atoms with van der Waals surface area (Å²) in [5.41, 5.74) is 0.139. The van der Waals surface area contributed by atoms with E-state index in [0.29, 0.717) is 11.1 Å². The average Bonchev–Trinajstić information content (AvgIpc) is 2.66. The van der Waals surface area contributed by atoms with Crippen LogP contribution in [0.1, 0.15) is 0 Å². The zero-order valence-electron chi connectivity index (χ0n) is 19.8. The van der Waals surface area contributed by atoms with E-state index in [1.165, 1.54) is 11.8 Å². The van der Waals surface area contributed by atoms with Crippen LogP contribution in [0.5, 0.6) is 0 Å². The molecule has 0 aliphatic rings. The van der Waals surface area contributed by atoms with Crippen LogP contribution in [0.15, 0.2) is 36.5 Å². The second-order valence-corrected chi connectivity index (χ2v) is 12.2. The van der Waals surface area contributed by atoms with Crippen LogP contribution in [0.4, 0.5) is 0 Å². The fraction of sp³-hybridized carbons (Fsp3) is 0.421. The topological polar surface area (TPSA) is 217 Å². The SMILES string of the molecule is C=C(CBr)C(=O)O.C=C(CS(C)(=O)=O)C(=O)O.C=C(CSC)C(=O)O.[CH2-]C(CS(C)(=O)=O)C(=O)O.[W]. The first kappa shape index (κ1) is 44.5. The Morgan fingerprint density at radius 3 is 1.28 bits per heavy atom. The molecule has 0 saturated carbocycles. The molecule has 210 valence electrons. The van der Waals surface area contributed by atoms with E-state index in [4.69, 9.17) is 20.4 Å². The third-order valence-corrected chi connectivity index (χ3v) is 5.87. The fourth-order valence-electron chi connectivity index (χ4n) is 1.11. The van der Waals surface area contributed by atoms with Crippen LogP contribution < -0.4 is 0 Å². The molecule has 0 rings (SSSR count). The first-order chi connectivity index (χ1) is 15.5. The minimum Gasteiger partial charge on any atom is -0.483 e. The summed E-state index contributed by atoms with van der Waals surface area (Å²) < 4.78 is 41.7. The van der Waals surface area contributed by atoms with E-state index in [1.807, 2.05) is 6.26 Å². The zero-order valence-corrected chi connectivity index (χ0v) is 26.8. The second-order valence-electron chi connectivity index (χ2n) is 6.49.